The smallest absolute Gasteiger partial charge is 0.261 e. The number of halogens is 1. The summed E-state index contributed by atoms with van der Waals surface area (Å²) in [6, 6.07) is 18.4. The van der Waals surface area contributed by atoms with Gasteiger partial charge in [0.2, 0.25) is 0 Å². The summed E-state index contributed by atoms with van der Waals surface area (Å²) in [6.07, 6.45) is 1.93. The van der Waals surface area contributed by atoms with Crippen molar-refractivity contribution in [2.24, 2.45) is 0 Å². The Hall–Kier alpha value is -2.48. The predicted molar refractivity (Wildman–Crippen MR) is 120 cm³/mol. The van der Waals surface area contributed by atoms with Gasteiger partial charge in [0.15, 0.2) is 0 Å². The summed E-state index contributed by atoms with van der Waals surface area (Å²) < 4.78 is 27.6. The molecule has 0 spiro atoms. The van der Waals surface area contributed by atoms with Gasteiger partial charge in [-0.15, -0.1) is 11.8 Å². The first-order valence-corrected chi connectivity index (χ1v) is 11.7. The molecule has 0 saturated carbocycles. The van der Waals surface area contributed by atoms with Crippen LogP contribution >= 0.6 is 23.4 Å². The van der Waals surface area contributed by atoms with Crippen molar-refractivity contribution in [3.8, 4) is 0 Å². The molecule has 1 amide bonds. The summed E-state index contributed by atoms with van der Waals surface area (Å²) in [7, 11) is -3.78. The highest BCUT2D eigenvalue weighted by atomic mass is 35.5. The molecule has 5 nitrogen and oxygen atoms in total. The molecule has 3 aromatic carbocycles. The van der Waals surface area contributed by atoms with E-state index in [-0.39, 0.29) is 21.5 Å². The highest BCUT2D eigenvalue weighted by molar-refractivity contribution is 7.98. The predicted octanol–water partition coefficient (Wildman–Crippen LogP) is 5.42. The van der Waals surface area contributed by atoms with Gasteiger partial charge < -0.3 is 5.32 Å². The molecular formula is C21H19ClN2O3S2. The highest BCUT2D eigenvalue weighted by Crippen LogP contribution is 2.28. The van der Waals surface area contributed by atoms with E-state index in [9.17, 15) is 13.2 Å². The number of rotatable bonds is 6. The summed E-state index contributed by atoms with van der Waals surface area (Å²) in [6.45, 7) is 1.88. The van der Waals surface area contributed by atoms with Gasteiger partial charge in [-0.3, -0.25) is 9.52 Å². The van der Waals surface area contributed by atoms with Crippen LogP contribution in [0.1, 0.15) is 15.9 Å². The average molecular weight is 447 g/mol. The van der Waals surface area contributed by atoms with E-state index < -0.39 is 10.0 Å². The van der Waals surface area contributed by atoms with Crippen molar-refractivity contribution in [2.45, 2.75) is 16.7 Å². The normalized spacial score (nSPS) is 11.1. The SMILES string of the molecule is CSc1ccccc1NC(=O)c1ccc(NS(=O)(=O)c2ccc(C)cc2)c(Cl)c1. The first kappa shape index (κ1) is 21.2. The second-order valence-corrected chi connectivity index (χ2v) is 9.21. The van der Waals surface area contributed by atoms with Crippen LogP contribution < -0.4 is 10.0 Å². The van der Waals surface area contributed by atoms with Crippen LogP contribution in [0.5, 0.6) is 0 Å². The number of anilines is 2. The minimum Gasteiger partial charge on any atom is -0.321 e. The van der Waals surface area contributed by atoms with Crippen LogP contribution in [0.25, 0.3) is 0 Å². The number of carbonyl (C=O) groups excluding carboxylic acids is 1. The molecule has 3 rings (SSSR count). The Morgan fingerprint density at radius 1 is 0.966 bits per heavy atom. The third kappa shape index (κ3) is 5.12. The molecule has 0 heterocycles. The number of sulfonamides is 1. The van der Waals surface area contributed by atoms with Gasteiger partial charge in [0.1, 0.15) is 0 Å². The molecule has 2 N–H and O–H groups in total. The maximum Gasteiger partial charge on any atom is 0.261 e. The third-order valence-corrected chi connectivity index (χ3v) is 6.65. The quantitative estimate of drug-likeness (QED) is 0.495. The van der Waals surface area contributed by atoms with Crippen LogP contribution in [-0.4, -0.2) is 20.6 Å². The van der Waals surface area contributed by atoms with Crippen LogP contribution in [-0.2, 0) is 10.0 Å². The van der Waals surface area contributed by atoms with E-state index in [0.717, 1.165) is 10.5 Å². The van der Waals surface area contributed by atoms with Gasteiger partial charge in [0, 0.05) is 10.5 Å². The number of nitrogens with one attached hydrogen (secondary N) is 2. The van der Waals surface area contributed by atoms with Crippen LogP contribution in [0.2, 0.25) is 5.02 Å². The molecule has 0 saturated heterocycles. The number of para-hydroxylation sites is 1. The lowest BCUT2D eigenvalue weighted by Crippen LogP contribution is -2.15. The average Bonchev–Trinajstić information content (AvgIpc) is 2.70. The van der Waals surface area contributed by atoms with Gasteiger partial charge in [-0.2, -0.15) is 0 Å². The zero-order chi connectivity index (χ0) is 21.0. The Kier molecular flexibility index (Phi) is 6.52. The molecule has 0 bridgehead atoms. The monoisotopic (exact) mass is 446 g/mol. The second kappa shape index (κ2) is 8.90. The Bertz CT molecular complexity index is 1150. The molecule has 0 aromatic heterocycles. The van der Waals surface area contributed by atoms with Crippen molar-refractivity contribution in [3.05, 3.63) is 82.9 Å². The van der Waals surface area contributed by atoms with E-state index in [1.54, 1.807) is 12.1 Å². The fraction of sp³-hybridized carbons (Fsp3) is 0.0952. The van der Waals surface area contributed by atoms with E-state index >= 15 is 0 Å². The molecule has 0 unspecified atom stereocenters. The fourth-order valence-corrected chi connectivity index (χ4v) is 4.52. The largest absolute Gasteiger partial charge is 0.321 e. The molecule has 150 valence electrons. The van der Waals surface area contributed by atoms with Crippen LogP contribution in [0.3, 0.4) is 0 Å². The molecule has 0 aliphatic heterocycles. The van der Waals surface area contributed by atoms with Crippen molar-refractivity contribution in [3.63, 3.8) is 0 Å². The standard InChI is InChI=1S/C21H19ClN2O3S2/c1-14-7-10-16(11-8-14)29(26,27)24-18-12-9-15(13-17(18)22)21(25)23-19-5-3-4-6-20(19)28-2/h3-13,24H,1-2H3,(H,23,25). The summed E-state index contributed by atoms with van der Waals surface area (Å²) in [5, 5.41) is 2.98. The van der Waals surface area contributed by atoms with E-state index in [4.69, 9.17) is 11.6 Å². The molecule has 3 aromatic rings. The van der Waals surface area contributed by atoms with Crippen molar-refractivity contribution >= 4 is 50.7 Å². The van der Waals surface area contributed by atoms with E-state index in [2.05, 4.69) is 10.0 Å². The van der Waals surface area contributed by atoms with Gasteiger partial charge in [-0.05, 0) is 55.6 Å². The lowest BCUT2D eigenvalue weighted by molar-refractivity contribution is 0.102. The maximum atomic E-state index is 12.6. The summed E-state index contributed by atoms with van der Waals surface area (Å²) in [5.74, 6) is -0.332. The first-order valence-electron chi connectivity index (χ1n) is 8.63. The number of hydrogen-bond acceptors (Lipinski definition) is 4. The van der Waals surface area contributed by atoms with Gasteiger partial charge in [0.05, 0.1) is 21.3 Å². The van der Waals surface area contributed by atoms with Gasteiger partial charge >= 0.3 is 0 Å². The van der Waals surface area contributed by atoms with E-state index in [1.807, 2.05) is 37.4 Å². The molecule has 0 aliphatic carbocycles. The Morgan fingerprint density at radius 2 is 1.66 bits per heavy atom. The van der Waals surface area contributed by atoms with Crippen LogP contribution in [0.15, 0.2) is 76.5 Å². The summed E-state index contributed by atoms with van der Waals surface area (Å²) in [4.78, 5) is 13.6. The van der Waals surface area contributed by atoms with E-state index in [0.29, 0.717) is 11.3 Å². The van der Waals surface area contributed by atoms with Crippen LogP contribution in [0, 0.1) is 6.92 Å². The topological polar surface area (TPSA) is 75.3 Å². The Morgan fingerprint density at radius 3 is 2.31 bits per heavy atom. The fourth-order valence-electron chi connectivity index (χ4n) is 2.60. The molecule has 8 heteroatoms. The number of carbonyl (C=O) groups is 1. The van der Waals surface area contributed by atoms with Gasteiger partial charge in [-0.1, -0.05) is 41.4 Å². The van der Waals surface area contributed by atoms with Crippen molar-refractivity contribution < 1.29 is 13.2 Å². The summed E-state index contributed by atoms with van der Waals surface area (Å²) in [5.41, 5.74) is 2.18. The number of hydrogen-bond donors (Lipinski definition) is 2. The van der Waals surface area contributed by atoms with Crippen molar-refractivity contribution in [1.82, 2.24) is 0 Å². The first-order chi connectivity index (χ1) is 13.8. The lowest BCUT2D eigenvalue weighted by Gasteiger charge is -2.12. The number of benzene rings is 3. The molecule has 0 fully saturated rings. The summed E-state index contributed by atoms with van der Waals surface area (Å²) >= 11 is 7.77. The number of amides is 1. The Labute approximate surface area is 179 Å². The zero-order valence-electron chi connectivity index (χ0n) is 15.8. The molecule has 0 aliphatic rings. The lowest BCUT2D eigenvalue weighted by atomic mass is 10.2. The number of aryl methyl sites for hydroxylation is 1. The number of thioether (sulfide) groups is 1. The van der Waals surface area contributed by atoms with Gasteiger partial charge in [-0.25, -0.2) is 8.42 Å². The third-order valence-electron chi connectivity index (χ3n) is 4.16. The molecule has 29 heavy (non-hydrogen) atoms. The molecular weight excluding hydrogens is 428 g/mol. The zero-order valence-corrected chi connectivity index (χ0v) is 18.2. The molecule has 0 radical (unpaired) electrons. The minimum atomic E-state index is -3.78. The molecule has 0 atom stereocenters. The van der Waals surface area contributed by atoms with Crippen LogP contribution in [0.4, 0.5) is 11.4 Å². The van der Waals surface area contributed by atoms with Gasteiger partial charge in [0.25, 0.3) is 15.9 Å². The Balaban J connectivity index is 1.79. The maximum absolute atomic E-state index is 12.6. The minimum absolute atomic E-state index is 0.131. The van der Waals surface area contributed by atoms with E-state index in [1.165, 1.54) is 42.1 Å². The second-order valence-electron chi connectivity index (χ2n) is 6.27. The van der Waals surface area contributed by atoms with Crippen molar-refractivity contribution in [1.29, 1.82) is 0 Å². The highest BCUT2D eigenvalue weighted by Gasteiger charge is 2.17. The van der Waals surface area contributed by atoms with Crippen molar-refractivity contribution in [2.75, 3.05) is 16.3 Å².